The van der Waals surface area contributed by atoms with Crippen LogP contribution in [0.15, 0.2) is 4.90 Å². The lowest BCUT2D eigenvalue weighted by atomic mass is 10.3. The number of morpholine rings is 2. The van der Waals surface area contributed by atoms with Gasteiger partial charge in [-0.05, 0) is 20.8 Å². The van der Waals surface area contributed by atoms with Gasteiger partial charge in [0, 0.05) is 26.2 Å². The highest BCUT2D eigenvalue weighted by Gasteiger charge is 2.32. The SMILES string of the molecule is Cc1nn(CC(=O)N2CCOC(C)C2)c(C)c1S(=O)(=O)N1CCOCC1. The number of aromatic nitrogens is 2. The number of nitrogens with zero attached hydrogens (tertiary/aromatic N) is 4. The van der Waals surface area contributed by atoms with Gasteiger partial charge in [0.05, 0.1) is 37.3 Å². The Morgan fingerprint density at radius 3 is 2.54 bits per heavy atom. The summed E-state index contributed by atoms with van der Waals surface area (Å²) in [6.45, 7) is 8.35. The van der Waals surface area contributed by atoms with E-state index in [0.717, 1.165) is 0 Å². The minimum absolute atomic E-state index is 0.00501. The molecule has 0 aliphatic carbocycles. The molecule has 3 heterocycles. The third-order valence-electron chi connectivity index (χ3n) is 4.76. The summed E-state index contributed by atoms with van der Waals surface area (Å²) < 4.78 is 39.6. The Kier molecular flexibility index (Phi) is 5.66. The number of ether oxygens (including phenoxy) is 2. The van der Waals surface area contributed by atoms with E-state index in [0.29, 0.717) is 57.4 Å². The van der Waals surface area contributed by atoms with Crippen LogP contribution in [0.25, 0.3) is 0 Å². The maximum Gasteiger partial charge on any atom is 0.246 e. The van der Waals surface area contributed by atoms with E-state index in [1.54, 1.807) is 18.7 Å². The van der Waals surface area contributed by atoms with Crippen LogP contribution in [0.2, 0.25) is 0 Å². The van der Waals surface area contributed by atoms with E-state index in [1.165, 1.54) is 8.99 Å². The van der Waals surface area contributed by atoms with Crippen LogP contribution in [0.5, 0.6) is 0 Å². The second kappa shape index (κ2) is 7.63. The largest absolute Gasteiger partial charge is 0.379 e. The summed E-state index contributed by atoms with van der Waals surface area (Å²) in [4.78, 5) is 14.5. The number of amides is 1. The van der Waals surface area contributed by atoms with Gasteiger partial charge in [0.15, 0.2) is 0 Å². The topological polar surface area (TPSA) is 94.0 Å². The highest BCUT2D eigenvalue weighted by atomic mass is 32.2. The van der Waals surface area contributed by atoms with E-state index in [-0.39, 0.29) is 23.5 Å². The molecule has 0 saturated carbocycles. The van der Waals surface area contributed by atoms with Crippen LogP contribution in [0.3, 0.4) is 0 Å². The van der Waals surface area contributed by atoms with Crippen molar-refractivity contribution in [2.75, 3.05) is 46.0 Å². The van der Waals surface area contributed by atoms with Gasteiger partial charge in [-0.1, -0.05) is 0 Å². The molecule has 10 heteroatoms. The number of sulfonamides is 1. The first kappa shape index (κ1) is 19.3. The highest BCUT2D eigenvalue weighted by Crippen LogP contribution is 2.24. The molecule has 1 atom stereocenters. The number of carbonyl (C=O) groups excluding carboxylic acids is 1. The van der Waals surface area contributed by atoms with Gasteiger partial charge in [-0.2, -0.15) is 9.40 Å². The Bertz CT molecular complexity index is 770. The van der Waals surface area contributed by atoms with Crippen molar-refractivity contribution in [2.45, 2.75) is 38.3 Å². The number of aryl methyl sites for hydroxylation is 1. The van der Waals surface area contributed by atoms with Crippen molar-refractivity contribution in [3.8, 4) is 0 Å². The summed E-state index contributed by atoms with van der Waals surface area (Å²) in [5.41, 5.74) is 0.904. The molecule has 2 fully saturated rings. The third-order valence-corrected chi connectivity index (χ3v) is 6.91. The molecule has 0 spiro atoms. The van der Waals surface area contributed by atoms with Crippen LogP contribution in [0, 0.1) is 13.8 Å². The zero-order chi connectivity index (χ0) is 18.9. The van der Waals surface area contributed by atoms with E-state index in [2.05, 4.69) is 5.10 Å². The van der Waals surface area contributed by atoms with Gasteiger partial charge in [0.2, 0.25) is 15.9 Å². The van der Waals surface area contributed by atoms with Gasteiger partial charge in [-0.25, -0.2) is 8.42 Å². The molecule has 26 heavy (non-hydrogen) atoms. The van der Waals surface area contributed by atoms with Crippen LogP contribution in [0.1, 0.15) is 18.3 Å². The molecule has 0 N–H and O–H groups in total. The summed E-state index contributed by atoms with van der Waals surface area (Å²) >= 11 is 0. The zero-order valence-corrected chi connectivity index (χ0v) is 16.3. The molecule has 0 aromatic carbocycles. The Morgan fingerprint density at radius 1 is 1.19 bits per heavy atom. The molecule has 146 valence electrons. The molecule has 1 unspecified atom stereocenters. The van der Waals surface area contributed by atoms with Crippen molar-refractivity contribution >= 4 is 15.9 Å². The second-order valence-electron chi connectivity index (χ2n) is 6.70. The van der Waals surface area contributed by atoms with Gasteiger partial charge < -0.3 is 14.4 Å². The molecular formula is C16H26N4O5S. The summed E-state index contributed by atoms with van der Waals surface area (Å²) in [6, 6.07) is 0. The van der Waals surface area contributed by atoms with Crippen molar-refractivity contribution in [3.05, 3.63) is 11.4 Å². The van der Waals surface area contributed by atoms with Gasteiger partial charge in [0.1, 0.15) is 11.4 Å². The summed E-state index contributed by atoms with van der Waals surface area (Å²) in [7, 11) is -3.65. The van der Waals surface area contributed by atoms with Crippen LogP contribution >= 0.6 is 0 Å². The first-order valence-corrected chi connectivity index (χ1v) is 10.3. The van der Waals surface area contributed by atoms with Crippen molar-refractivity contribution < 1.29 is 22.7 Å². The van der Waals surface area contributed by atoms with Crippen molar-refractivity contribution in [2.24, 2.45) is 0 Å². The predicted octanol–water partition coefficient (Wildman–Crippen LogP) is -0.232. The van der Waals surface area contributed by atoms with Gasteiger partial charge in [0.25, 0.3) is 0 Å². The van der Waals surface area contributed by atoms with Crippen molar-refractivity contribution in [1.82, 2.24) is 19.0 Å². The number of hydrogen-bond acceptors (Lipinski definition) is 6. The molecule has 2 aliphatic rings. The first-order chi connectivity index (χ1) is 12.3. The quantitative estimate of drug-likeness (QED) is 0.709. The second-order valence-corrected chi connectivity index (χ2v) is 8.57. The maximum absolute atomic E-state index is 13.0. The Hall–Kier alpha value is -1.49. The van der Waals surface area contributed by atoms with Crippen LogP contribution < -0.4 is 0 Å². The molecule has 1 aromatic rings. The van der Waals surface area contributed by atoms with E-state index >= 15 is 0 Å². The molecule has 2 saturated heterocycles. The van der Waals surface area contributed by atoms with Gasteiger partial charge >= 0.3 is 0 Å². The lowest BCUT2D eigenvalue weighted by Crippen LogP contribution is -2.45. The van der Waals surface area contributed by atoms with Crippen LogP contribution in [-0.2, 0) is 30.8 Å². The van der Waals surface area contributed by atoms with Crippen LogP contribution in [0.4, 0.5) is 0 Å². The molecule has 0 bridgehead atoms. The van der Waals surface area contributed by atoms with Crippen molar-refractivity contribution in [1.29, 1.82) is 0 Å². The number of carbonyl (C=O) groups is 1. The van der Waals surface area contributed by atoms with Gasteiger partial charge in [-0.3, -0.25) is 9.48 Å². The minimum atomic E-state index is -3.65. The number of rotatable bonds is 4. The summed E-state index contributed by atoms with van der Waals surface area (Å²) in [6.07, 6.45) is 0.00501. The first-order valence-electron chi connectivity index (χ1n) is 8.82. The smallest absolute Gasteiger partial charge is 0.246 e. The van der Waals surface area contributed by atoms with E-state index in [4.69, 9.17) is 9.47 Å². The van der Waals surface area contributed by atoms with Gasteiger partial charge in [-0.15, -0.1) is 0 Å². The van der Waals surface area contributed by atoms with Crippen molar-refractivity contribution in [3.63, 3.8) is 0 Å². The Labute approximate surface area is 153 Å². The fourth-order valence-corrected chi connectivity index (χ4v) is 5.18. The fraction of sp³-hybridized carbons (Fsp3) is 0.750. The lowest BCUT2D eigenvalue weighted by Gasteiger charge is -2.31. The molecule has 0 radical (unpaired) electrons. The lowest BCUT2D eigenvalue weighted by molar-refractivity contribution is -0.139. The average Bonchev–Trinajstić information content (AvgIpc) is 2.89. The molecular weight excluding hydrogens is 360 g/mol. The zero-order valence-electron chi connectivity index (χ0n) is 15.5. The molecule has 2 aliphatic heterocycles. The fourth-order valence-electron chi connectivity index (χ4n) is 3.40. The predicted molar refractivity (Wildman–Crippen MR) is 93.3 cm³/mol. The summed E-state index contributed by atoms with van der Waals surface area (Å²) in [5.74, 6) is -0.0823. The average molecular weight is 386 g/mol. The minimum Gasteiger partial charge on any atom is -0.379 e. The molecule has 3 rings (SSSR count). The highest BCUT2D eigenvalue weighted by molar-refractivity contribution is 7.89. The Morgan fingerprint density at radius 2 is 1.88 bits per heavy atom. The maximum atomic E-state index is 13.0. The normalized spacial score (nSPS) is 22.6. The third kappa shape index (κ3) is 3.78. The van der Waals surface area contributed by atoms with E-state index in [9.17, 15) is 13.2 Å². The van der Waals surface area contributed by atoms with Crippen LogP contribution in [-0.4, -0.2) is 85.4 Å². The summed E-state index contributed by atoms with van der Waals surface area (Å²) in [5, 5.41) is 4.33. The molecule has 1 amide bonds. The van der Waals surface area contributed by atoms with E-state index < -0.39 is 10.0 Å². The standard InChI is InChI=1S/C16H26N4O5S/c1-12-10-18(4-9-25-12)15(21)11-20-14(3)16(13(2)17-20)26(22,23)19-5-7-24-8-6-19/h12H,4-11H2,1-3H3. The molecule has 1 aromatic heterocycles. The number of hydrogen-bond donors (Lipinski definition) is 0. The molecule has 9 nitrogen and oxygen atoms in total. The Balaban J connectivity index is 1.80. The monoisotopic (exact) mass is 386 g/mol. The van der Waals surface area contributed by atoms with E-state index in [1.807, 2.05) is 6.92 Å².